The zero-order chi connectivity index (χ0) is 20.8. The van der Waals surface area contributed by atoms with E-state index < -0.39 is 0 Å². The van der Waals surface area contributed by atoms with E-state index in [1.807, 2.05) is 22.7 Å². The van der Waals surface area contributed by atoms with Gasteiger partial charge in [-0.25, -0.2) is 0 Å². The molecule has 0 bridgehead atoms. The summed E-state index contributed by atoms with van der Waals surface area (Å²) in [5.41, 5.74) is 0. The van der Waals surface area contributed by atoms with E-state index in [9.17, 15) is 0 Å². The lowest BCUT2D eigenvalue weighted by molar-refractivity contribution is 1.84. The van der Waals surface area contributed by atoms with Gasteiger partial charge in [0.1, 0.15) is 0 Å². The first-order chi connectivity index (χ1) is 15.9. The van der Waals surface area contributed by atoms with Crippen molar-refractivity contribution in [2.45, 2.75) is 0 Å². The third kappa shape index (κ3) is 2.11. The lowest BCUT2D eigenvalue weighted by Crippen LogP contribution is -1.84. The van der Waals surface area contributed by atoms with Crippen molar-refractivity contribution < 1.29 is 0 Å². The summed E-state index contributed by atoms with van der Waals surface area (Å²) in [6, 6.07) is 32.1. The smallest absolute Gasteiger partial charge is 0.0421 e. The number of rotatable bonds is 0. The average molecular weight is 441 g/mol. The van der Waals surface area contributed by atoms with E-state index in [4.69, 9.17) is 0 Å². The highest BCUT2D eigenvalue weighted by molar-refractivity contribution is 7.18. The van der Waals surface area contributed by atoms with Gasteiger partial charge < -0.3 is 0 Å². The zero-order valence-electron chi connectivity index (χ0n) is 17.1. The van der Waals surface area contributed by atoms with Gasteiger partial charge in [0.05, 0.1) is 0 Å². The molecular weight excluding hydrogens is 424 g/mol. The predicted octanol–water partition coefficient (Wildman–Crippen LogP) is 9.88. The molecule has 8 rings (SSSR count). The molecule has 32 heavy (non-hydrogen) atoms. The number of hydrogen-bond acceptors (Lipinski definition) is 2. The Bertz CT molecular complexity index is 1890. The Balaban J connectivity index is 1.51. The second-order valence-corrected chi connectivity index (χ2v) is 10.4. The minimum atomic E-state index is 1.33. The third-order valence-electron chi connectivity index (χ3n) is 7.02. The average Bonchev–Trinajstić information content (AvgIpc) is 3.52. The first kappa shape index (κ1) is 17.1. The maximum Gasteiger partial charge on any atom is 0.0421 e. The topological polar surface area (TPSA) is 0 Å². The van der Waals surface area contributed by atoms with Crippen molar-refractivity contribution in [3.05, 3.63) is 95.7 Å². The minimum Gasteiger partial charge on any atom is -0.143 e. The van der Waals surface area contributed by atoms with Crippen LogP contribution in [0.5, 0.6) is 0 Å². The zero-order valence-corrected chi connectivity index (χ0v) is 18.7. The normalized spacial score (nSPS) is 12.4. The largest absolute Gasteiger partial charge is 0.143 e. The molecule has 0 fully saturated rings. The third-order valence-corrected chi connectivity index (χ3v) is 8.94. The Labute approximate surface area is 191 Å². The summed E-state index contributed by atoms with van der Waals surface area (Å²) in [7, 11) is 0. The fraction of sp³-hybridized carbons (Fsp3) is 0. The Hall–Kier alpha value is -3.46. The van der Waals surface area contributed by atoms with Crippen molar-refractivity contribution in [3.63, 3.8) is 0 Å². The van der Waals surface area contributed by atoms with E-state index in [0.717, 1.165) is 0 Å². The van der Waals surface area contributed by atoms with Crippen LogP contribution in [0.3, 0.4) is 0 Å². The van der Waals surface area contributed by atoms with E-state index in [0.29, 0.717) is 0 Å². The highest BCUT2D eigenvalue weighted by atomic mass is 32.1. The number of fused-ring (bicyclic) bond motifs is 13. The van der Waals surface area contributed by atoms with Gasteiger partial charge in [0.25, 0.3) is 0 Å². The van der Waals surface area contributed by atoms with E-state index in [2.05, 4.69) is 95.7 Å². The first-order valence-electron chi connectivity index (χ1n) is 10.8. The van der Waals surface area contributed by atoms with E-state index in [1.54, 1.807) is 0 Å². The molecule has 2 heterocycles. The quantitative estimate of drug-likeness (QED) is 0.206. The summed E-state index contributed by atoms with van der Waals surface area (Å²) in [5.74, 6) is 0. The van der Waals surface area contributed by atoms with Crippen molar-refractivity contribution in [2.75, 3.05) is 0 Å². The van der Waals surface area contributed by atoms with Crippen LogP contribution >= 0.6 is 22.7 Å². The van der Waals surface area contributed by atoms with E-state index >= 15 is 0 Å². The molecular formula is C30H16S2. The molecule has 2 heteroatoms. The molecule has 0 nitrogen and oxygen atoms in total. The molecule has 0 radical (unpaired) electrons. The van der Waals surface area contributed by atoms with Crippen LogP contribution in [-0.4, -0.2) is 0 Å². The molecule has 0 aliphatic heterocycles. The van der Waals surface area contributed by atoms with Crippen molar-refractivity contribution in [2.24, 2.45) is 0 Å². The molecule has 0 spiro atoms. The monoisotopic (exact) mass is 440 g/mol. The summed E-state index contributed by atoms with van der Waals surface area (Å²) in [5, 5.41) is 20.5. The minimum absolute atomic E-state index is 1.33. The van der Waals surface area contributed by atoms with E-state index in [-0.39, 0.29) is 0 Å². The van der Waals surface area contributed by atoms with Crippen molar-refractivity contribution >= 4 is 96.7 Å². The van der Waals surface area contributed by atoms with Crippen LogP contribution < -0.4 is 0 Å². The van der Waals surface area contributed by atoms with Crippen LogP contribution in [0.4, 0.5) is 0 Å². The van der Waals surface area contributed by atoms with Gasteiger partial charge in [0.15, 0.2) is 0 Å². The van der Waals surface area contributed by atoms with Gasteiger partial charge in [-0.3, -0.25) is 0 Å². The van der Waals surface area contributed by atoms with E-state index in [1.165, 1.54) is 74.0 Å². The van der Waals surface area contributed by atoms with Gasteiger partial charge in [0, 0.05) is 20.2 Å². The highest BCUT2D eigenvalue weighted by Gasteiger charge is 2.12. The lowest BCUT2D eigenvalue weighted by atomic mass is 9.92. The second-order valence-electron chi connectivity index (χ2n) is 8.55. The molecule has 148 valence electrons. The molecule has 6 aromatic carbocycles. The van der Waals surface area contributed by atoms with Gasteiger partial charge >= 0.3 is 0 Å². The van der Waals surface area contributed by atoms with Crippen molar-refractivity contribution in [1.29, 1.82) is 0 Å². The van der Waals surface area contributed by atoms with Gasteiger partial charge in [-0.1, -0.05) is 72.8 Å². The van der Waals surface area contributed by atoms with Crippen molar-refractivity contribution in [1.82, 2.24) is 0 Å². The number of benzene rings is 6. The fourth-order valence-corrected chi connectivity index (χ4v) is 7.38. The van der Waals surface area contributed by atoms with Gasteiger partial charge in [-0.05, 0) is 76.8 Å². The maximum atomic E-state index is 2.33. The van der Waals surface area contributed by atoms with Crippen LogP contribution in [0.25, 0.3) is 74.0 Å². The predicted molar refractivity (Wildman–Crippen MR) is 145 cm³/mol. The van der Waals surface area contributed by atoms with Crippen LogP contribution in [-0.2, 0) is 0 Å². The highest BCUT2D eigenvalue weighted by Crippen LogP contribution is 2.40. The molecule has 0 unspecified atom stereocenters. The molecule has 0 saturated heterocycles. The van der Waals surface area contributed by atoms with Crippen LogP contribution in [0.1, 0.15) is 0 Å². The first-order valence-corrected chi connectivity index (χ1v) is 12.6. The molecule has 0 saturated carbocycles. The Morgan fingerprint density at radius 3 is 0.938 bits per heavy atom. The van der Waals surface area contributed by atoms with Gasteiger partial charge in [0.2, 0.25) is 0 Å². The summed E-state index contributed by atoms with van der Waals surface area (Å²) in [4.78, 5) is 0. The molecule has 0 amide bonds. The Morgan fingerprint density at radius 2 is 0.562 bits per heavy atom. The standard InChI is InChI=1S/C30H16S2/c1-3-25-23-7-5-20-19(21(23)9-11-27(25)29-17(1)13-15-31-29)6-8-24-22(20)10-12-28-26(24)4-2-18-14-16-32-30(18)28/h1-16H. The number of hydrogen-bond donors (Lipinski definition) is 0. The summed E-state index contributed by atoms with van der Waals surface area (Å²) in [6.45, 7) is 0. The SMILES string of the molecule is c1cc2ccc3c4ccc5c(ccc6c5ccc5c6ccc6ccsc65)c4ccc3c2s1. The number of thiophene rings is 2. The molecule has 0 atom stereocenters. The Kier molecular flexibility index (Phi) is 3.25. The van der Waals surface area contributed by atoms with Crippen LogP contribution in [0.15, 0.2) is 95.7 Å². The lowest BCUT2D eigenvalue weighted by Gasteiger charge is -2.12. The summed E-state index contributed by atoms with van der Waals surface area (Å²) >= 11 is 3.67. The summed E-state index contributed by atoms with van der Waals surface area (Å²) < 4.78 is 2.77. The molecule has 0 aliphatic rings. The molecule has 0 aliphatic carbocycles. The Morgan fingerprint density at radius 1 is 0.281 bits per heavy atom. The molecule has 0 N–H and O–H groups in total. The van der Waals surface area contributed by atoms with Crippen LogP contribution in [0.2, 0.25) is 0 Å². The molecule has 2 aromatic heterocycles. The van der Waals surface area contributed by atoms with Gasteiger partial charge in [-0.2, -0.15) is 0 Å². The van der Waals surface area contributed by atoms with Gasteiger partial charge in [-0.15, -0.1) is 22.7 Å². The molecule has 8 aromatic rings. The maximum absolute atomic E-state index is 2.33. The fourth-order valence-electron chi connectivity index (χ4n) is 5.52. The summed E-state index contributed by atoms with van der Waals surface area (Å²) in [6.07, 6.45) is 0. The van der Waals surface area contributed by atoms with Crippen LogP contribution in [0, 0.1) is 0 Å². The van der Waals surface area contributed by atoms with Crippen molar-refractivity contribution in [3.8, 4) is 0 Å². The second kappa shape index (κ2) is 6.07.